The fourth-order valence-electron chi connectivity index (χ4n) is 2.31. The number of nitrogens with one attached hydrogen (secondary N) is 2. The molecule has 2 aromatic rings. The van der Waals surface area contributed by atoms with Crippen LogP contribution in [-0.2, 0) is 16.1 Å². The fraction of sp³-hybridized carbons (Fsp3) is 0.235. The quantitative estimate of drug-likeness (QED) is 0.854. The summed E-state index contributed by atoms with van der Waals surface area (Å²) in [6.07, 6.45) is 3.30. The summed E-state index contributed by atoms with van der Waals surface area (Å²) >= 11 is 0. The lowest BCUT2D eigenvalue weighted by Crippen LogP contribution is -2.35. The standard InChI is InChI=1S/C17H19N3O2/c1-11-7-12(2)15(13(3)8-11)20-17(22)16(21)19-10-14-5-4-6-18-9-14/h4-9H,10H2,1-3H3,(H,19,21)(H,20,22). The van der Waals surface area contributed by atoms with Gasteiger partial charge in [-0.25, -0.2) is 0 Å². The highest BCUT2D eigenvalue weighted by molar-refractivity contribution is 6.39. The molecule has 5 heteroatoms. The van der Waals surface area contributed by atoms with Crippen molar-refractivity contribution in [2.45, 2.75) is 27.3 Å². The minimum Gasteiger partial charge on any atom is -0.344 e. The Kier molecular flexibility index (Phi) is 4.88. The second kappa shape index (κ2) is 6.85. The molecule has 2 N–H and O–H groups in total. The zero-order valence-electron chi connectivity index (χ0n) is 12.9. The smallest absolute Gasteiger partial charge is 0.313 e. The maximum absolute atomic E-state index is 12.0. The van der Waals surface area contributed by atoms with Crippen LogP contribution >= 0.6 is 0 Å². The van der Waals surface area contributed by atoms with Crippen LogP contribution in [0.2, 0.25) is 0 Å². The van der Waals surface area contributed by atoms with Gasteiger partial charge < -0.3 is 10.6 Å². The summed E-state index contributed by atoms with van der Waals surface area (Å²) in [7, 11) is 0. The molecule has 0 radical (unpaired) electrons. The van der Waals surface area contributed by atoms with E-state index in [1.807, 2.05) is 39.0 Å². The van der Waals surface area contributed by atoms with Gasteiger partial charge >= 0.3 is 11.8 Å². The number of aromatic nitrogens is 1. The second-order valence-electron chi connectivity index (χ2n) is 5.27. The SMILES string of the molecule is Cc1cc(C)c(NC(=O)C(=O)NCc2cccnc2)c(C)c1. The van der Waals surface area contributed by atoms with E-state index >= 15 is 0 Å². The number of carbonyl (C=O) groups is 2. The lowest BCUT2D eigenvalue weighted by atomic mass is 10.1. The van der Waals surface area contributed by atoms with Gasteiger partial charge in [0, 0.05) is 24.6 Å². The molecule has 1 heterocycles. The molecule has 0 unspecified atom stereocenters. The van der Waals surface area contributed by atoms with Crippen molar-refractivity contribution >= 4 is 17.5 Å². The number of pyridine rings is 1. The summed E-state index contributed by atoms with van der Waals surface area (Å²) in [4.78, 5) is 27.8. The van der Waals surface area contributed by atoms with E-state index < -0.39 is 11.8 Å². The lowest BCUT2D eigenvalue weighted by Gasteiger charge is -2.12. The predicted molar refractivity (Wildman–Crippen MR) is 85.4 cm³/mol. The van der Waals surface area contributed by atoms with E-state index in [0.717, 1.165) is 22.3 Å². The van der Waals surface area contributed by atoms with Gasteiger partial charge in [0.15, 0.2) is 0 Å². The predicted octanol–water partition coefficient (Wildman–Crippen LogP) is 2.26. The van der Waals surface area contributed by atoms with Crippen molar-refractivity contribution in [2.75, 3.05) is 5.32 Å². The largest absolute Gasteiger partial charge is 0.344 e. The zero-order valence-corrected chi connectivity index (χ0v) is 12.9. The number of amides is 2. The van der Waals surface area contributed by atoms with Crippen LogP contribution in [0.15, 0.2) is 36.7 Å². The molecule has 0 atom stereocenters. The van der Waals surface area contributed by atoms with Gasteiger partial charge in [-0.05, 0) is 43.5 Å². The van der Waals surface area contributed by atoms with Gasteiger partial charge in [-0.15, -0.1) is 0 Å². The van der Waals surface area contributed by atoms with Gasteiger partial charge in [-0.3, -0.25) is 14.6 Å². The first-order valence-corrected chi connectivity index (χ1v) is 7.03. The summed E-state index contributed by atoms with van der Waals surface area (Å²) in [5.74, 6) is -1.33. The van der Waals surface area contributed by atoms with E-state index in [0.29, 0.717) is 5.69 Å². The van der Waals surface area contributed by atoms with Crippen molar-refractivity contribution in [2.24, 2.45) is 0 Å². The van der Waals surface area contributed by atoms with E-state index in [9.17, 15) is 9.59 Å². The Morgan fingerprint density at radius 1 is 1.09 bits per heavy atom. The van der Waals surface area contributed by atoms with E-state index in [1.165, 1.54) is 0 Å². The third-order valence-corrected chi connectivity index (χ3v) is 3.30. The summed E-state index contributed by atoms with van der Waals surface area (Å²) in [5, 5.41) is 5.25. The molecule has 0 saturated carbocycles. The Bertz CT molecular complexity index is 673. The zero-order chi connectivity index (χ0) is 16.1. The van der Waals surface area contributed by atoms with Crippen molar-refractivity contribution in [3.8, 4) is 0 Å². The van der Waals surface area contributed by atoms with Crippen LogP contribution in [0.5, 0.6) is 0 Å². The molecule has 2 rings (SSSR count). The van der Waals surface area contributed by atoms with Crippen LogP contribution < -0.4 is 10.6 Å². The number of hydrogen-bond acceptors (Lipinski definition) is 3. The molecule has 2 amide bonds. The van der Waals surface area contributed by atoms with Gasteiger partial charge in [0.25, 0.3) is 0 Å². The number of carbonyl (C=O) groups excluding carboxylic acids is 2. The average Bonchev–Trinajstić information content (AvgIpc) is 2.49. The number of benzene rings is 1. The third kappa shape index (κ3) is 3.91. The first-order chi connectivity index (χ1) is 10.5. The minimum absolute atomic E-state index is 0.270. The molecule has 1 aromatic carbocycles. The molecule has 0 aliphatic rings. The summed E-state index contributed by atoms with van der Waals surface area (Å²) in [5.41, 5.74) is 4.52. The normalized spacial score (nSPS) is 10.1. The highest BCUT2D eigenvalue weighted by Crippen LogP contribution is 2.21. The number of hydrogen-bond donors (Lipinski definition) is 2. The molecule has 0 aliphatic carbocycles. The van der Waals surface area contributed by atoms with Crippen LogP contribution in [0.4, 0.5) is 5.69 Å². The van der Waals surface area contributed by atoms with Gasteiger partial charge in [-0.1, -0.05) is 23.8 Å². The van der Waals surface area contributed by atoms with Crippen molar-refractivity contribution in [1.82, 2.24) is 10.3 Å². The maximum atomic E-state index is 12.0. The highest BCUT2D eigenvalue weighted by atomic mass is 16.2. The van der Waals surface area contributed by atoms with Gasteiger partial charge in [0.05, 0.1) is 0 Å². The molecule has 0 saturated heterocycles. The molecular formula is C17H19N3O2. The van der Waals surface area contributed by atoms with Crippen molar-refractivity contribution < 1.29 is 9.59 Å². The summed E-state index contributed by atoms with van der Waals surface area (Å²) in [6, 6.07) is 7.55. The topological polar surface area (TPSA) is 71.1 Å². The van der Waals surface area contributed by atoms with Crippen LogP contribution in [0, 0.1) is 20.8 Å². The Balaban J connectivity index is 1.99. The Morgan fingerprint density at radius 2 is 1.77 bits per heavy atom. The Labute approximate surface area is 129 Å². The van der Waals surface area contributed by atoms with Gasteiger partial charge in [-0.2, -0.15) is 0 Å². The highest BCUT2D eigenvalue weighted by Gasteiger charge is 2.15. The first-order valence-electron chi connectivity index (χ1n) is 7.03. The van der Waals surface area contributed by atoms with Crippen LogP contribution in [0.3, 0.4) is 0 Å². The summed E-state index contributed by atoms with van der Waals surface area (Å²) < 4.78 is 0. The van der Waals surface area contributed by atoms with Gasteiger partial charge in [0.1, 0.15) is 0 Å². The third-order valence-electron chi connectivity index (χ3n) is 3.30. The maximum Gasteiger partial charge on any atom is 0.313 e. The van der Waals surface area contributed by atoms with E-state index in [2.05, 4.69) is 15.6 Å². The lowest BCUT2D eigenvalue weighted by molar-refractivity contribution is -0.136. The van der Waals surface area contributed by atoms with E-state index in [1.54, 1.807) is 18.5 Å². The molecule has 0 spiro atoms. The molecule has 1 aromatic heterocycles. The van der Waals surface area contributed by atoms with Crippen molar-refractivity contribution in [3.05, 3.63) is 58.9 Å². The molecule has 0 bridgehead atoms. The molecule has 5 nitrogen and oxygen atoms in total. The monoisotopic (exact) mass is 297 g/mol. The molecule has 22 heavy (non-hydrogen) atoms. The number of anilines is 1. The van der Waals surface area contributed by atoms with Gasteiger partial charge in [0.2, 0.25) is 0 Å². The number of aryl methyl sites for hydroxylation is 3. The van der Waals surface area contributed by atoms with Crippen molar-refractivity contribution in [1.29, 1.82) is 0 Å². The number of rotatable bonds is 3. The number of nitrogens with zero attached hydrogens (tertiary/aromatic N) is 1. The minimum atomic E-state index is -0.668. The average molecular weight is 297 g/mol. The van der Waals surface area contributed by atoms with Crippen LogP contribution in [-0.4, -0.2) is 16.8 Å². The molecule has 114 valence electrons. The Hall–Kier alpha value is -2.69. The summed E-state index contributed by atoms with van der Waals surface area (Å²) in [6.45, 7) is 6.07. The fourth-order valence-corrected chi connectivity index (χ4v) is 2.31. The van der Waals surface area contributed by atoms with E-state index in [-0.39, 0.29) is 6.54 Å². The molecule has 0 aliphatic heterocycles. The van der Waals surface area contributed by atoms with Crippen molar-refractivity contribution in [3.63, 3.8) is 0 Å². The van der Waals surface area contributed by atoms with Crippen LogP contribution in [0.1, 0.15) is 22.3 Å². The first kappa shape index (κ1) is 15.7. The molecular weight excluding hydrogens is 278 g/mol. The Morgan fingerprint density at radius 3 is 2.36 bits per heavy atom. The van der Waals surface area contributed by atoms with Crippen LogP contribution in [0.25, 0.3) is 0 Å². The second-order valence-corrected chi connectivity index (χ2v) is 5.27. The molecule has 0 fully saturated rings. The van der Waals surface area contributed by atoms with E-state index in [4.69, 9.17) is 0 Å².